The van der Waals surface area contributed by atoms with E-state index >= 15 is 0 Å². The number of benzene rings is 1. The number of nitrogens with one attached hydrogen (secondary N) is 1. The number of hydrogen-bond donors (Lipinski definition) is 1. The molecule has 0 spiro atoms. The van der Waals surface area contributed by atoms with Crippen molar-refractivity contribution in [2.75, 3.05) is 20.1 Å². The first-order valence-corrected chi connectivity index (χ1v) is 9.71. The average molecular weight is 324 g/mol. The number of rotatable bonds is 8. The van der Waals surface area contributed by atoms with Crippen molar-refractivity contribution in [3.63, 3.8) is 0 Å². The predicted molar refractivity (Wildman–Crippen MR) is 91.0 cm³/mol. The van der Waals surface area contributed by atoms with E-state index in [2.05, 4.69) is 23.8 Å². The Morgan fingerprint density at radius 1 is 1.18 bits per heavy atom. The first kappa shape index (κ1) is 17.4. The summed E-state index contributed by atoms with van der Waals surface area (Å²) in [6, 6.07) is 10.3. The SMILES string of the molecule is CCCCN(C)S(=O)(=O)NCC1(c2ccccc2)CCCC1. The van der Waals surface area contributed by atoms with Crippen molar-refractivity contribution >= 4 is 10.2 Å². The maximum absolute atomic E-state index is 12.4. The molecule has 0 amide bonds. The van der Waals surface area contributed by atoms with Crippen LogP contribution in [0.4, 0.5) is 0 Å². The number of hydrogen-bond acceptors (Lipinski definition) is 2. The Morgan fingerprint density at radius 2 is 1.82 bits per heavy atom. The van der Waals surface area contributed by atoms with Gasteiger partial charge < -0.3 is 0 Å². The Hall–Kier alpha value is -0.910. The van der Waals surface area contributed by atoms with E-state index in [1.54, 1.807) is 7.05 Å². The molecule has 1 aromatic rings. The fraction of sp³-hybridized carbons (Fsp3) is 0.647. The number of nitrogens with zero attached hydrogens (tertiary/aromatic N) is 1. The second-order valence-corrected chi connectivity index (χ2v) is 8.22. The van der Waals surface area contributed by atoms with E-state index in [1.165, 1.54) is 22.7 Å². The average Bonchev–Trinajstić information content (AvgIpc) is 3.02. The molecule has 124 valence electrons. The molecule has 1 N–H and O–H groups in total. The smallest absolute Gasteiger partial charge is 0.201 e. The maximum Gasteiger partial charge on any atom is 0.279 e. The lowest BCUT2D eigenvalue weighted by molar-refractivity contribution is 0.408. The van der Waals surface area contributed by atoms with Crippen LogP contribution >= 0.6 is 0 Å². The summed E-state index contributed by atoms with van der Waals surface area (Å²) >= 11 is 0. The van der Waals surface area contributed by atoms with Gasteiger partial charge in [0.2, 0.25) is 0 Å². The Kier molecular flexibility index (Phi) is 6.01. The molecule has 1 fully saturated rings. The summed E-state index contributed by atoms with van der Waals surface area (Å²) in [6.07, 6.45) is 6.33. The van der Waals surface area contributed by atoms with Crippen LogP contribution in [-0.4, -0.2) is 32.9 Å². The fourth-order valence-electron chi connectivity index (χ4n) is 3.25. The molecule has 0 unspecified atom stereocenters. The van der Waals surface area contributed by atoms with E-state index in [1.807, 2.05) is 18.2 Å². The van der Waals surface area contributed by atoms with E-state index in [0.717, 1.165) is 25.7 Å². The molecule has 4 nitrogen and oxygen atoms in total. The molecule has 0 saturated heterocycles. The van der Waals surface area contributed by atoms with Crippen LogP contribution < -0.4 is 4.72 Å². The zero-order valence-electron chi connectivity index (χ0n) is 13.7. The third-order valence-electron chi connectivity index (χ3n) is 4.78. The van der Waals surface area contributed by atoms with Gasteiger partial charge in [0, 0.05) is 25.6 Å². The van der Waals surface area contributed by atoms with Gasteiger partial charge in [-0.1, -0.05) is 56.5 Å². The molecule has 0 aromatic heterocycles. The van der Waals surface area contributed by atoms with Crippen LogP contribution in [0.5, 0.6) is 0 Å². The minimum Gasteiger partial charge on any atom is -0.201 e. The molecule has 22 heavy (non-hydrogen) atoms. The van der Waals surface area contributed by atoms with Crippen molar-refractivity contribution in [3.8, 4) is 0 Å². The molecule has 1 saturated carbocycles. The van der Waals surface area contributed by atoms with Gasteiger partial charge in [-0.25, -0.2) is 4.72 Å². The molecule has 0 bridgehead atoms. The van der Waals surface area contributed by atoms with Crippen molar-refractivity contribution < 1.29 is 8.42 Å². The predicted octanol–water partition coefficient (Wildman–Crippen LogP) is 3.06. The van der Waals surface area contributed by atoms with E-state index in [0.29, 0.717) is 13.1 Å². The summed E-state index contributed by atoms with van der Waals surface area (Å²) in [6.45, 7) is 3.14. The Labute approximate surface area is 135 Å². The van der Waals surface area contributed by atoms with Gasteiger partial charge in [0.15, 0.2) is 0 Å². The molecule has 5 heteroatoms. The third-order valence-corrected chi connectivity index (χ3v) is 6.29. The zero-order valence-corrected chi connectivity index (χ0v) is 14.5. The molecule has 1 aliphatic carbocycles. The lowest BCUT2D eigenvalue weighted by Gasteiger charge is -2.31. The van der Waals surface area contributed by atoms with Crippen molar-refractivity contribution in [1.82, 2.24) is 9.03 Å². The van der Waals surface area contributed by atoms with Gasteiger partial charge >= 0.3 is 0 Å². The van der Waals surface area contributed by atoms with Crippen LogP contribution in [-0.2, 0) is 15.6 Å². The molecule has 0 aliphatic heterocycles. The number of unbranched alkanes of at least 4 members (excludes halogenated alkanes) is 1. The van der Waals surface area contributed by atoms with E-state index in [4.69, 9.17) is 0 Å². The van der Waals surface area contributed by atoms with Gasteiger partial charge in [-0.05, 0) is 24.8 Å². The molecular weight excluding hydrogens is 296 g/mol. The van der Waals surface area contributed by atoms with E-state index < -0.39 is 10.2 Å². The van der Waals surface area contributed by atoms with Crippen LogP contribution in [0.25, 0.3) is 0 Å². The van der Waals surface area contributed by atoms with Crippen LogP contribution in [0.15, 0.2) is 30.3 Å². The van der Waals surface area contributed by atoms with E-state index in [-0.39, 0.29) is 5.41 Å². The van der Waals surface area contributed by atoms with Crippen molar-refractivity contribution in [1.29, 1.82) is 0 Å². The van der Waals surface area contributed by atoms with Crippen LogP contribution in [0.1, 0.15) is 51.0 Å². The summed E-state index contributed by atoms with van der Waals surface area (Å²) in [5.74, 6) is 0. The summed E-state index contributed by atoms with van der Waals surface area (Å²) in [5.41, 5.74) is 1.21. The largest absolute Gasteiger partial charge is 0.279 e. The van der Waals surface area contributed by atoms with Gasteiger partial charge in [-0.15, -0.1) is 0 Å². The van der Waals surface area contributed by atoms with E-state index in [9.17, 15) is 8.42 Å². The first-order chi connectivity index (χ1) is 10.5. The topological polar surface area (TPSA) is 49.4 Å². The molecule has 1 aromatic carbocycles. The van der Waals surface area contributed by atoms with Gasteiger partial charge in [-0.2, -0.15) is 12.7 Å². The second kappa shape index (κ2) is 7.57. The highest BCUT2D eigenvalue weighted by molar-refractivity contribution is 7.87. The Balaban J connectivity index is 2.07. The quantitative estimate of drug-likeness (QED) is 0.799. The van der Waals surface area contributed by atoms with Crippen LogP contribution in [0.3, 0.4) is 0 Å². The minimum atomic E-state index is -3.38. The monoisotopic (exact) mass is 324 g/mol. The first-order valence-electron chi connectivity index (χ1n) is 8.27. The van der Waals surface area contributed by atoms with Gasteiger partial charge in [0.1, 0.15) is 0 Å². The highest BCUT2D eigenvalue weighted by Gasteiger charge is 2.36. The third kappa shape index (κ3) is 4.09. The van der Waals surface area contributed by atoms with Crippen molar-refractivity contribution in [3.05, 3.63) is 35.9 Å². The lowest BCUT2D eigenvalue weighted by atomic mass is 9.79. The van der Waals surface area contributed by atoms with Gasteiger partial charge in [0.25, 0.3) is 10.2 Å². The highest BCUT2D eigenvalue weighted by Crippen LogP contribution is 2.40. The highest BCUT2D eigenvalue weighted by atomic mass is 32.2. The summed E-state index contributed by atoms with van der Waals surface area (Å²) in [4.78, 5) is 0. The van der Waals surface area contributed by atoms with Crippen LogP contribution in [0.2, 0.25) is 0 Å². The zero-order chi connectivity index (χ0) is 16.1. The van der Waals surface area contributed by atoms with Crippen LogP contribution in [0, 0.1) is 0 Å². The normalized spacial score (nSPS) is 18.0. The molecule has 0 atom stereocenters. The van der Waals surface area contributed by atoms with Gasteiger partial charge in [-0.3, -0.25) is 0 Å². The molecule has 0 heterocycles. The Morgan fingerprint density at radius 3 is 2.41 bits per heavy atom. The fourth-order valence-corrected chi connectivity index (χ4v) is 4.30. The molecular formula is C17H28N2O2S. The summed E-state index contributed by atoms with van der Waals surface area (Å²) in [7, 11) is -1.73. The maximum atomic E-state index is 12.4. The Bertz CT molecular complexity index is 551. The molecule has 1 aliphatic rings. The van der Waals surface area contributed by atoms with Gasteiger partial charge in [0.05, 0.1) is 0 Å². The lowest BCUT2D eigenvalue weighted by Crippen LogP contribution is -2.45. The standard InChI is InChI=1S/C17H28N2O2S/c1-3-4-14-19(2)22(20,21)18-15-17(12-8-9-13-17)16-10-6-5-7-11-16/h5-7,10-11,18H,3-4,8-9,12-15H2,1-2H3. The second-order valence-electron chi connectivity index (χ2n) is 6.35. The summed E-state index contributed by atoms with van der Waals surface area (Å²) in [5, 5.41) is 0. The molecule has 2 rings (SSSR count). The molecule has 0 radical (unpaired) electrons. The minimum absolute atomic E-state index is 0.0417. The summed E-state index contributed by atoms with van der Waals surface area (Å²) < 4.78 is 29.0. The van der Waals surface area contributed by atoms with Crippen molar-refractivity contribution in [2.24, 2.45) is 0 Å². The van der Waals surface area contributed by atoms with Crippen molar-refractivity contribution in [2.45, 2.75) is 50.9 Å².